The Kier molecular flexibility index (Phi) is 4.26. The van der Waals surface area contributed by atoms with E-state index in [0.29, 0.717) is 11.9 Å². The summed E-state index contributed by atoms with van der Waals surface area (Å²) in [5.41, 5.74) is 14.2. The summed E-state index contributed by atoms with van der Waals surface area (Å²) < 4.78 is 0. The van der Waals surface area contributed by atoms with Crippen molar-refractivity contribution < 1.29 is 0 Å². The number of rotatable bonds is 3. The first-order valence-electron chi connectivity index (χ1n) is 8.24. The highest BCUT2D eigenvalue weighted by atomic mass is 15.4. The van der Waals surface area contributed by atoms with E-state index in [2.05, 4.69) is 47.1 Å². The van der Waals surface area contributed by atoms with Gasteiger partial charge >= 0.3 is 0 Å². The van der Waals surface area contributed by atoms with E-state index in [1.54, 1.807) is 0 Å². The molecule has 1 saturated carbocycles. The van der Waals surface area contributed by atoms with Crippen molar-refractivity contribution in [2.24, 2.45) is 21.5 Å². The molecule has 4 N–H and O–H groups in total. The van der Waals surface area contributed by atoms with E-state index in [1.807, 2.05) is 6.07 Å². The summed E-state index contributed by atoms with van der Waals surface area (Å²) in [5, 5.41) is 0. The molecule has 124 valence electrons. The van der Waals surface area contributed by atoms with Crippen LogP contribution in [-0.2, 0) is 6.54 Å². The molecule has 1 heterocycles. The summed E-state index contributed by atoms with van der Waals surface area (Å²) in [6.45, 7) is 0.842. The standard InChI is InChI=1S/C17H26N6/c1-22(2)12-13-8-4-5-9-14(13)23-16(19)20-15(18)21-17(23)10-6-3-7-11-17/h4-5,8-9H,3,6-7,10-12H2,1-2H3,(H4,18,19,20,21). The molecule has 0 unspecified atom stereocenters. The highest BCUT2D eigenvalue weighted by Crippen LogP contribution is 2.40. The van der Waals surface area contributed by atoms with Crippen molar-refractivity contribution in [3.63, 3.8) is 0 Å². The second kappa shape index (κ2) is 6.20. The molecule has 1 aromatic carbocycles. The van der Waals surface area contributed by atoms with Gasteiger partial charge in [0.1, 0.15) is 5.66 Å². The van der Waals surface area contributed by atoms with E-state index in [-0.39, 0.29) is 5.66 Å². The van der Waals surface area contributed by atoms with Crippen molar-refractivity contribution in [1.82, 2.24) is 4.90 Å². The Balaban J connectivity index is 2.07. The van der Waals surface area contributed by atoms with Crippen LogP contribution >= 0.6 is 0 Å². The van der Waals surface area contributed by atoms with Gasteiger partial charge in [-0.15, -0.1) is 0 Å². The Morgan fingerprint density at radius 2 is 1.83 bits per heavy atom. The molecule has 0 bridgehead atoms. The first-order valence-corrected chi connectivity index (χ1v) is 8.24. The lowest BCUT2D eigenvalue weighted by Gasteiger charge is -2.46. The molecule has 0 aromatic heterocycles. The second-order valence-corrected chi connectivity index (χ2v) is 6.69. The Morgan fingerprint density at radius 3 is 2.52 bits per heavy atom. The predicted molar refractivity (Wildman–Crippen MR) is 95.4 cm³/mol. The molecule has 6 nitrogen and oxygen atoms in total. The van der Waals surface area contributed by atoms with E-state index < -0.39 is 0 Å². The average Bonchev–Trinajstić information content (AvgIpc) is 2.48. The second-order valence-electron chi connectivity index (χ2n) is 6.69. The summed E-state index contributed by atoms with van der Waals surface area (Å²) in [6, 6.07) is 8.35. The Hall–Kier alpha value is -2.08. The summed E-state index contributed by atoms with van der Waals surface area (Å²) in [6.07, 6.45) is 5.43. The van der Waals surface area contributed by atoms with Gasteiger partial charge in [-0.25, -0.2) is 4.99 Å². The van der Waals surface area contributed by atoms with Crippen LogP contribution in [0.15, 0.2) is 34.3 Å². The molecule has 6 heteroatoms. The molecule has 0 saturated heterocycles. The van der Waals surface area contributed by atoms with Crippen molar-refractivity contribution in [3.05, 3.63) is 29.8 Å². The molecule has 1 aromatic rings. The number of hydrogen-bond donors (Lipinski definition) is 2. The van der Waals surface area contributed by atoms with E-state index in [4.69, 9.17) is 16.5 Å². The minimum absolute atomic E-state index is 0.297. The van der Waals surface area contributed by atoms with Crippen molar-refractivity contribution in [1.29, 1.82) is 0 Å². The quantitative estimate of drug-likeness (QED) is 0.892. The van der Waals surface area contributed by atoms with Crippen LogP contribution < -0.4 is 16.4 Å². The fourth-order valence-electron chi connectivity index (χ4n) is 3.67. The fourth-order valence-corrected chi connectivity index (χ4v) is 3.67. The van der Waals surface area contributed by atoms with Crippen LogP contribution in [0.2, 0.25) is 0 Å². The monoisotopic (exact) mass is 314 g/mol. The Morgan fingerprint density at radius 1 is 1.13 bits per heavy atom. The number of para-hydroxylation sites is 1. The number of nitrogens with zero attached hydrogens (tertiary/aromatic N) is 4. The molecular weight excluding hydrogens is 288 g/mol. The van der Waals surface area contributed by atoms with E-state index in [1.165, 1.54) is 12.0 Å². The first-order chi connectivity index (χ1) is 11.0. The molecule has 0 radical (unpaired) electrons. The lowest BCUT2D eigenvalue weighted by atomic mass is 9.87. The van der Waals surface area contributed by atoms with Crippen LogP contribution in [0.1, 0.15) is 37.7 Å². The first kappa shape index (κ1) is 15.8. The van der Waals surface area contributed by atoms with Crippen molar-refractivity contribution in [2.45, 2.75) is 44.3 Å². The zero-order valence-electron chi connectivity index (χ0n) is 14.0. The largest absolute Gasteiger partial charge is 0.369 e. The van der Waals surface area contributed by atoms with Gasteiger partial charge in [-0.05, 0) is 51.4 Å². The van der Waals surface area contributed by atoms with Gasteiger partial charge in [0, 0.05) is 6.54 Å². The molecule has 1 aliphatic carbocycles. The highest BCUT2D eigenvalue weighted by molar-refractivity contribution is 6.06. The number of benzene rings is 1. The fraction of sp³-hybridized carbons (Fsp3) is 0.529. The zero-order valence-corrected chi connectivity index (χ0v) is 14.0. The SMILES string of the molecule is CN(C)Cc1ccccc1N1C(N)=NC(N)=NC12CCCCC2. The molecule has 3 rings (SSSR count). The Bertz CT molecular complexity index is 628. The maximum absolute atomic E-state index is 6.31. The van der Waals surface area contributed by atoms with Gasteiger partial charge in [-0.3, -0.25) is 4.90 Å². The topological polar surface area (TPSA) is 83.2 Å². The zero-order chi connectivity index (χ0) is 16.4. The maximum atomic E-state index is 6.31. The van der Waals surface area contributed by atoms with Crippen LogP contribution in [0.3, 0.4) is 0 Å². The molecule has 1 fully saturated rings. The van der Waals surface area contributed by atoms with Gasteiger partial charge < -0.3 is 16.4 Å². The lowest BCUT2D eigenvalue weighted by Crippen LogP contribution is -2.58. The van der Waals surface area contributed by atoms with Crippen molar-refractivity contribution in [3.8, 4) is 0 Å². The molecule has 2 aliphatic rings. The van der Waals surface area contributed by atoms with E-state index in [9.17, 15) is 0 Å². The minimum atomic E-state index is -0.378. The van der Waals surface area contributed by atoms with Gasteiger partial charge in [0.25, 0.3) is 0 Å². The molecule has 1 aliphatic heterocycles. The van der Waals surface area contributed by atoms with Crippen LogP contribution in [0.4, 0.5) is 5.69 Å². The summed E-state index contributed by atoms with van der Waals surface area (Å²) in [7, 11) is 4.13. The van der Waals surface area contributed by atoms with Crippen molar-refractivity contribution >= 4 is 17.6 Å². The van der Waals surface area contributed by atoms with Crippen LogP contribution in [0, 0.1) is 0 Å². The minimum Gasteiger partial charge on any atom is -0.369 e. The van der Waals surface area contributed by atoms with Crippen LogP contribution in [0.25, 0.3) is 0 Å². The third-order valence-corrected chi connectivity index (χ3v) is 4.57. The summed E-state index contributed by atoms with van der Waals surface area (Å²) >= 11 is 0. The van der Waals surface area contributed by atoms with Gasteiger partial charge in [-0.1, -0.05) is 24.6 Å². The summed E-state index contributed by atoms with van der Waals surface area (Å²) in [5.74, 6) is 0.747. The van der Waals surface area contributed by atoms with Crippen molar-refractivity contribution in [2.75, 3.05) is 19.0 Å². The molecule has 1 spiro atoms. The van der Waals surface area contributed by atoms with Gasteiger partial charge in [0.05, 0.1) is 5.69 Å². The molecule has 23 heavy (non-hydrogen) atoms. The molecule has 0 amide bonds. The Labute approximate surface area is 137 Å². The van der Waals surface area contributed by atoms with Crippen LogP contribution in [0.5, 0.6) is 0 Å². The third kappa shape index (κ3) is 3.03. The summed E-state index contributed by atoms with van der Waals surface area (Å²) in [4.78, 5) is 13.3. The molecule has 0 atom stereocenters. The van der Waals surface area contributed by atoms with Gasteiger partial charge in [0.15, 0.2) is 0 Å². The maximum Gasteiger partial charge on any atom is 0.220 e. The third-order valence-electron chi connectivity index (χ3n) is 4.57. The van der Waals surface area contributed by atoms with Gasteiger partial charge in [0.2, 0.25) is 11.9 Å². The van der Waals surface area contributed by atoms with E-state index >= 15 is 0 Å². The smallest absolute Gasteiger partial charge is 0.220 e. The number of guanidine groups is 2. The number of aliphatic imine (C=N–C) groups is 2. The average molecular weight is 314 g/mol. The predicted octanol–water partition coefficient (Wildman–Crippen LogP) is 1.86. The van der Waals surface area contributed by atoms with Crippen LogP contribution in [-0.4, -0.2) is 36.6 Å². The number of nitrogens with two attached hydrogens (primary N) is 2. The number of anilines is 1. The van der Waals surface area contributed by atoms with Gasteiger partial charge in [-0.2, -0.15) is 4.99 Å². The number of hydrogen-bond acceptors (Lipinski definition) is 6. The lowest BCUT2D eigenvalue weighted by molar-refractivity contribution is 0.304. The molecular formula is C17H26N6. The highest BCUT2D eigenvalue weighted by Gasteiger charge is 2.43. The normalized spacial score (nSPS) is 20.6. The van der Waals surface area contributed by atoms with E-state index in [0.717, 1.165) is 37.9 Å².